The third kappa shape index (κ3) is 6.85. The van der Waals surface area contributed by atoms with Crippen LogP contribution in [0.25, 0.3) is 0 Å². The van der Waals surface area contributed by atoms with Gasteiger partial charge in [0.15, 0.2) is 6.04 Å². The fourth-order valence-corrected chi connectivity index (χ4v) is 1.48. The molecule has 0 saturated heterocycles. The summed E-state index contributed by atoms with van der Waals surface area (Å²) in [5.74, 6) is -2.84. The van der Waals surface area contributed by atoms with Gasteiger partial charge in [0, 0.05) is 12.8 Å². The highest BCUT2D eigenvalue weighted by atomic mass is 16.4. The Balaban J connectivity index is 4.35. The van der Waals surface area contributed by atoms with E-state index in [9.17, 15) is 19.5 Å². The maximum Gasteiger partial charge on any atom is 0.303 e. The van der Waals surface area contributed by atoms with Gasteiger partial charge in [0.1, 0.15) is 0 Å². The van der Waals surface area contributed by atoms with Gasteiger partial charge in [-0.3, -0.25) is 9.59 Å². The third-order valence-electron chi connectivity index (χ3n) is 2.37. The maximum atomic E-state index is 11.6. The third-order valence-corrected chi connectivity index (χ3v) is 2.37. The van der Waals surface area contributed by atoms with Crippen LogP contribution in [0.4, 0.5) is 0 Å². The molecule has 0 spiro atoms. The van der Waals surface area contributed by atoms with Crippen LogP contribution < -0.4 is 16.2 Å². The molecule has 0 aromatic heterocycles. The summed E-state index contributed by atoms with van der Waals surface area (Å²) in [6.45, 7) is 3.85. The number of carbonyl (C=O) groups is 3. The molecule has 0 heterocycles. The normalized spacial score (nSPS) is 14.0. The quantitative estimate of drug-likeness (QED) is 0.453. The van der Waals surface area contributed by atoms with Crippen LogP contribution in [0.3, 0.4) is 0 Å². The van der Waals surface area contributed by atoms with Gasteiger partial charge in [0.05, 0.1) is 12.0 Å². The molecule has 0 aliphatic carbocycles. The molecule has 0 aliphatic rings. The van der Waals surface area contributed by atoms with Crippen molar-refractivity contribution in [2.24, 2.45) is 5.92 Å². The average molecular weight is 260 g/mol. The Morgan fingerprint density at radius 2 is 1.89 bits per heavy atom. The number of nitrogens with one attached hydrogen (secondary N) is 1. The van der Waals surface area contributed by atoms with Gasteiger partial charge in [-0.25, -0.2) is 0 Å². The molecule has 0 aromatic carbocycles. The van der Waals surface area contributed by atoms with E-state index in [-0.39, 0.29) is 18.8 Å². The van der Waals surface area contributed by atoms with Crippen molar-refractivity contribution in [3.8, 4) is 0 Å². The van der Waals surface area contributed by atoms with Gasteiger partial charge >= 0.3 is 5.97 Å². The topological polar surface area (TPSA) is 134 Å². The Bertz CT molecular complexity index is 317. The lowest BCUT2D eigenvalue weighted by molar-refractivity contribution is -0.406. The lowest BCUT2D eigenvalue weighted by Gasteiger charge is -2.20. The van der Waals surface area contributed by atoms with Crippen molar-refractivity contribution in [2.45, 2.75) is 45.2 Å². The van der Waals surface area contributed by atoms with Crippen LogP contribution >= 0.6 is 0 Å². The zero-order valence-corrected chi connectivity index (χ0v) is 10.6. The number of carboxylic acid groups (broad SMARTS) is 2. The number of aliphatic carboxylic acids is 2. The maximum absolute atomic E-state index is 11.6. The lowest BCUT2D eigenvalue weighted by Crippen LogP contribution is -2.69. The van der Waals surface area contributed by atoms with E-state index in [1.54, 1.807) is 0 Å². The molecule has 0 saturated carbocycles. The van der Waals surface area contributed by atoms with Gasteiger partial charge in [0.2, 0.25) is 0 Å². The molecular formula is C11H20N2O5. The second-order valence-corrected chi connectivity index (χ2v) is 4.64. The van der Waals surface area contributed by atoms with E-state index in [0.29, 0.717) is 6.42 Å². The first-order chi connectivity index (χ1) is 8.23. The van der Waals surface area contributed by atoms with Gasteiger partial charge < -0.3 is 26.1 Å². The highest BCUT2D eigenvalue weighted by Crippen LogP contribution is 2.03. The summed E-state index contributed by atoms with van der Waals surface area (Å²) >= 11 is 0. The van der Waals surface area contributed by atoms with Gasteiger partial charge in [-0.1, -0.05) is 13.8 Å². The molecule has 0 bridgehead atoms. The molecule has 0 fully saturated rings. The molecule has 2 atom stereocenters. The average Bonchev–Trinajstić information content (AvgIpc) is 2.21. The number of carboxylic acids is 2. The highest BCUT2D eigenvalue weighted by Gasteiger charge is 2.22. The van der Waals surface area contributed by atoms with Crippen LogP contribution in [0.15, 0.2) is 0 Å². The summed E-state index contributed by atoms with van der Waals surface area (Å²) in [5, 5.41) is 21.5. The number of hydrogen-bond acceptors (Lipinski definition) is 4. The van der Waals surface area contributed by atoms with Gasteiger partial charge in [0.25, 0.3) is 5.91 Å². The molecule has 2 unspecified atom stereocenters. The Morgan fingerprint density at radius 3 is 2.28 bits per heavy atom. The first kappa shape index (κ1) is 16.4. The second kappa shape index (κ2) is 7.65. The molecule has 0 radical (unpaired) electrons. The summed E-state index contributed by atoms with van der Waals surface area (Å²) < 4.78 is 0. The fraction of sp³-hybridized carbons (Fsp3) is 0.727. The minimum atomic E-state index is -1.48. The van der Waals surface area contributed by atoms with Gasteiger partial charge in [-0.2, -0.15) is 0 Å². The van der Waals surface area contributed by atoms with Crippen molar-refractivity contribution < 1.29 is 30.3 Å². The molecule has 0 rings (SSSR count). The summed E-state index contributed by atoms with van der Waals surface area (Å²) in [4.78, 5) is 32.7. The standard InChI is InChI=1S/C11H20N2O5/c1-6(2)5-7(12)10(16)13-8(11(17)18)3-4-9(14)15/h6-8H,3-5,12H2,1-2H3,(H,13,16)(H,14,15)(H,17,18). The van der Waals surface area contributed by atoms with Gasteiger partial charge in [-0.05, 0) is 12.3 Å². The summed E-state index contributed by atoms with van der Waals surface area (Å²) in [7, 11) is 0. The minimum absolute atomic E-state index is 0.197. The number of hydrogen-bond donors (Lipinski definition) is 3. The molecular weight excluding hydrogens is 240 g/mol. The van der Waals surface area contributed by atoms with E-state index >= 15 is 0 Å². The van der Waals surface area contributed by atoms with Crippen LogP contribution in [0.1, 0.15) is 33.1 Å². The number of amides is 1. The van der Waals surface area contributed by atoms with Crippen molar-refractivity contribution in [3.05, 3.63) is 0 Å². The molecule has 7 nitrogen and oxygen atoms in total. The van der Waals surface area contributed by atoms with Crippen molar-refractivity contribution >= 4 is 17.8 Å². The molecule has 0 aliphatic heterocycles. The molecule has 104 valence electrons. The summed E-state index contributed by atoms with van der Waals surface area (Å²) in [5.41, 5.74) is 3.64. The fourth-order valence-electron chi connectivity index (χ4n) is 1.48. The lowest BCUT2D eigenvalue weighted by atomic mass is 10.0. The molecule has 0 aromatic rings. The van der Waals surface area contributed by atoms with E-state index in [1.165, 1.54) is 0 Å². The molecule has 18 heavy (non-hydrogen) atoms. The largest absolute Gasteiger partial charge is 0.548 e. The Kier molecular flexibility index (Phi) is 6.96. The minimum Gasteiger partial charge on any atom is -0.548 e. The van der Waals surface area contributed by atoms with Crippen molar-refractivity contribution in [2.75, 3.05) is 0 Å². The van der Waals surface area contributed by atoms with Crippen molar-refractivity contribution in [1.29, 1.82) is 0 Å². The summed E-state index contributed by atoms with van der Waals surface area (Å²) in [6, 6.07) is -1.85. The predicted octanol–water partition coefficient (Wildman–Crippen LogP) is -2.26. The Labute approximate surface area is 105 Å². The zero-order valence-electron chi connectivity index (χ0n) is 10.6. The van der Waals surface area contributed by atoms with Crippen LogP contribution in [-0.2, 0) is 14.4 Å². The zero-order chi connectivity index (χ0) is 14.3. The second-order valence-electron chi connectivity index (χ2n) is 4.64. The van der Waals surface area contributed by atoms with Crippen molar-refractivity contribution in [3.63, 3.8) is 0 Å². The number of carbonyl (C=O) groups excluding carboxylic acids is 2. The van der Waals surface area contributed by atoms with Crippen LogP contribution in [0.2, 0.25) is 0 Å². The highest BCUT2D eigenvalue weighted by molar-refractivity contribution is 5.85. The van der Waals surface area contributed by atoms with Crippen molar-refractivity contribution in [1.82, 2.24) is 5.32 Å². The molecule has 1 amide bonds. The van der Waals surface area contributed by atoms with Crippen LogP contribution in [0, 0.1) is 5.92 Å². The monoisotopic (exact) mass is 260 g/mol. The Morgan fingerprint density at radius 1 is 1.33 bits per heavy atom. The smallest absolute Gasteiger partial charge is 0.303 e. The first-order valence-electron chi connectivity index (χ1n) is 5.80. The van der Waals surface area contributed by atoms with Crippen LogP contribution in [0.5, 0.6) is 0 Å². The number of rotatable bonds is 8. The van der Waals surface area contributed by atoms with E-state index < -0.39 is 29.9 Å². The first-order valence-corrected chi connectivity index (χ1v) is 5.80. The van der Waals surface area contributed by atoms with Gasteiger partial charge in [-0.15, -0.1) is 0 Å². The van der Waals surface area contributed by atoms with Crippen LogP contribution in [-0.4, -0.2) is 35.0 Å². The number of quaternary nitrogens is 1. The Hall–Kier alpha value is -1.63. The van der Waals surface area contributed by atoms with E-state index in [0.717, 1.165) is 0 Å². The van der Waals surface area contributed by atoms with E-state index in [4.69, 9.17) is 5.11 Å². The van der Waals surface area contributed by atoms with E-state index in [1.807, 2.05) is 13.8 Å². The van der Waals surface area contributed by atoms with E-state index in [2.05, 4.69) is 11.1 Å². The molecule has 7 heteroatoms. The SMILES string of the molecule is CC(C)CC([NH3+])C(=O)NC(CCC(=O)O)C(=O)[O-]. The molecule has 5 N–H and O–H groups in total. The summed E-state index contributed by atoms with van der Waals surface area (Å²) in [6.07, 6.45) is -0.00669. The predicted molar refractivity (Wildman–Crippen MR) is 59.9 cm³/mol.